The van der Waals surface area contributed by atoms with Crippen LogP contribution < -0.4 is 0 Å². The number of nitrogens with one attached hydrogen (secondary N) is 1. The van der Waals surface area contributed by atoms with Crippen molar-refractivity contribution >= 4 is 28.5 Å². The molecule has 0 saturated heterocycles. The first-order chi connectivity index (χ1) is 15.3. The number of carbonyl (C=O) groups is 1. The van der Waals surface area contributed by atoms with E-state index in [2.05, 4.69) is 24.9 Å². The van der Waals surface area contributed by atoms with Crippen LogP contribution in [0.15, 0.2) is 30.4 Å². The molecule has 2 unspecified atom stereocenters. The summed E-state index contributed by atoms with van der Waals surface area (Å²) in [6.45, 7) is 5.01. The van der Waals surface area contributed by atoms with E-state index in [4.69, 9.17) is 16.6 Å². The van der Waals surface area contributed by atoms with E-state index in [0.29, 0.717) is 23.3 Å². The number of nitrogens with zero attached hydrogens (tertiary/aromatic N) is 2. The average molecular weight is 452 g/mol. The van der Waals surface area contributed by atoms with Crippen molar-refractivity contribution in [3.05, 3.63) is 41.2 Å². The lowest BCUT2D eigenvalue weighted by atomic mass is 9.47. The van der Waals surface area contributed by atoms with Crippen molar-refractivity contribution in [3.63, 3.8) is 0 Å². The van der Waals surface area contributed by atoms with Crippen molar-refractivity contribution in [1.29, 1.82) is 0 Å². The first-order valence-electron chi connectivity index (χ1n) is 12.4. The third-order valence-corrected chi connectivity index (χ3v) is 10.5. The van der Waals surface area contributed by atoms with Gasteiger partial charge in [-0.05, 0) is 91.9 Å². The fourth-order valence-electron chi connectivity index (χ4n) is 8.54. The fraction of sp³-hybridized carbons (Fsp3) is 0.630. The van der Waals surface area contributed by atoms with Crippen LogP contribution >= 0.6 is 11.6 Å². The minimum absolute atomic E-state index is 0.128. The third-order valence-electron chi connectivity index (χ3n) is 10.3. The number of carbonyl (C=O) groups excluding carboxylic acids is 1. The molecule has 3 saturated carbocycles. The van der Waals surface area contributed by atoms with Crippen LogP contribution in [0.5, 0.6) is 0 Å². The predicted octanol–water partition coefficient (Wildman–Crippen LogP) is 6.01. The van der Waals surface area contributed by atoms with Gasteiger partial charge in [0.15, 0.2) is 0 Å². The minimum atomic E-state index is 0.128. The monoisotopic (exact) mass is 451 g/mol. The molecule has 4 nitrogen and oxygen atoms in total. The molecule has 1 N–H and O–H groups in total. The predicted molar refractivity (Wildman–Crippen MR) is 128 cm³/mol. The molecule has 2 heterocycles. The number of rotatable bonds is 2. The van der Waals surface area contributed by atoms with Crippen molar-refractivity contribution in [2.24, 2.45) is 34.5 Å². The highest BCUT2D eigenvalue weighted by Gasteiger charge is 2.60. The Bertz CT molecular complexity index is 1110. The van der Waals surface area contributed by atoms with Crippen molar-refractivity contribution in [1.82, 2.24) is 14.9 Å². The van der Waals surface area contributed by atoms with Gasteiger partial charge < -0.3 is 9.88 Å². The van der Waals surface area contributed by atoms with Gasteiger partial charge in [0.05, 0.1) is 11.0 Å². The number of H-pyrrole nitrogens is 1. The van der Waals surface area contributed by atoms with Crippen LogP contribution in [0.4, 0.5) is 0 Å². The van der Waals surface area contributed by atoms with E-state index in [1.807, 2.05) is 36.2 Å². The van der Waals surface area contributed by atoms with Crippen LogP contribution in [0.25, 0.3) is 11.0 Å². The highest BCUT2D eigenvalue weighted by atomic mass is 35.5. The van der Waals surface area contributed by atoms with Crippen molar-refractivity contribution in [3.8, 4) is 0 Å². The highest BCUT2D eigenvalue weighted by Crippen LogP contribution is 2.65. The van der Waals surface area contributed by atoms with Gasteiger partial charge in [-0.25, -0.2) is 4.98 Å². The van der Waals surface area contributed by atoms with E-state index in [9.17, 15) is 4.79 Å². The molecule has 2 aromatic rings. The maximum absolute atomic E-state index is 12.3. The van der Waals surface area contributed by atoms with Gasteiger partial charge in [-0.2, -0.15) is 0 Å². The number of aromatic amines is 1. The molecule has 1 aliphatic heterocycles. The first-order valence-corrected chi connectivity index (χ1v) is 12.8. The molecular formula is C27H34ClN3O. The Kier molecular flexibility index (Phi) is 4.60. The summed E-state index contributed by atoms with van der Waals surface area (Å²) < 4.78 is 0. The number of amides is 1. The smallest absolute Gasteiger partial charge is 0.246 e. The molecule has 0 spiro atoms. The van der Waals surface area contributed by atoms with Gasteiger partial charge in [0.2, 0.25) is 5.91 Å². The Balaban J connectivity index is 1.26. The van der Waals surface area contributed by atoms with E-state index < -0.39 is 0 Å². The van der Waals surface area contributed by atoms with Crippen LogP contribution in [0.1, 0.15) is 58.2 Å². The number of fused-ring (bicyclic) bond motifs is 6. The minimum Gasteiger partial charge on any atom is -0.342 e. The number of benzene rings is 1. The summed E-state index contributed by atoms with van der Waals surface area (Å²) in [6.07, 6.45) is 12.8. The van der Waals surface area contributed by atoms with Crippen LogP contribution in [-0.4, -0.2) is 33.9 Å². The van der Waals surface area contributed by atoms with Crippen LogP contribution in [-0.2, 0) is 11.2 Å². The van der Waals surface area contributed by atoms with Gasteiger partial charge in [0.1, 0.15) is 5.82 Å². The zero-order valence-electron chi connectivity index (χ0n) is 19.4. The molecule has 5 heteroatoms. The molecule has 170 valence electrons. The molecule has 1 aromatic carbocycles. The van der Waals surface area contributed by atoms with Crippen molar-refractivity contribution in [2.75, 3.05) is 7.05 Å². The number of halogens is 1. The molecule has 1 amide bonds. The number of hydrogen-bond acceptors (Lipinski definition) is 2. The lowest BCUT2D eigenvalue weighted by Crippen LogP contribution is -2.59. The third kappa shape index (κ3) is 2.87. The number of aromatic nitrogens is 2. The normalized spacial score (nSPS) is 40.9. The summed E-state index contributed by atoms with van der Waals surface area (Å²) in [6, 6.07) is 6.30. The molecule has 32 heavy (non-hydrogen) atoms. The Morgan fingerprint density at radius 1 is 1.16 bits per heavy atom. The lowest BCUT2D eigenvalue weighted by molar-refractivity contribution is -0.138. The maximum atomic E-state index is 12.3. The quantitative estimate of drug-likeness (QED) is 0.607. The summed E-state index contributed by atoms with van der Waals surface area (Å²) in [5.74, 6) is 4.24. The molecule has 1 aromatic heterocycles. The zero-order chi connectivity index (χ0) is 22.3. The molecular weight excluding hydrogens is 418 g/mol. The van der Waals surface area contributed by atoms with E-state index in [-0.39, 0.29) is 11.3 Å². The summed E-state index contributed by atoms with van der Waals surface area (Å²) in [4.78, 5) is 22.8. The van der Waals surface area contributed by atoms with Crippen LogP contribution in [0.2, 0.25) is 5.02 Å². The Labute approximate surface area is 195 Å². The molecule has 4 aliphatic rings. The fourth-order valence-corrected chi connectivity index (χ4v) is 8.71. The van der Waals surface area contributed by atoms with Gasteiger partial charge in [0, 0.05) is 29.9 Å². The first kappa shape index (κ1) is 20.8. The lowest BCUT2D eigenvalue weighted by Gasteiger charge is -2.60. The largest absolute Gasteiger partial charge is 0.342 e. The molecule has 7 atom stereocenters. The Hall–Kier alpha value is -1.81. The number of hydrogen-bond donors (Lipinski definition) is 1. The molecule has 3 aliphatic carbocycles. The van der Waals surface area contributed by atoms with Gasteiger partial charge in [-0.15, -0.1) is 0 Å². The second-order valence-corrected chi connectivity index (χ2v) is 11.9. The standard InChI is InChI=1S/C27H34ClN3O/c1-26-12-10-20-18(6-9-23-27(20,2)13-11-25(32)31(23)3)19(26)7-4-16(26)14-24-29-21-8-5-17(28)15-22(21)30-24/h5,8,11,13,15-16,18-20,23H,4,6-7,9-10,12,14H2,1-3H3,(H,29,30)/t16?,18-,19-,20+,23?,26+,27+/m0/s1. The number of likely N-dealkylation sites (N-methyl/N-ethyl adjacent to an activating group) is 1. The number of imidazole rings is 1. The molecule has 6 rings (SSSR count). The van der Waals surface area contributed by atoms with Gasteiger partial charge in [-0.1, -0.05) is 31.5 Å². The van der Waals surface area contributed by atoms with E-state index >= 15 is 0 Å². The highest BCUT2D eigenvalue weighted by molar-refractivity contribution is 6.31. The van der Waals surface area contributed by atoms with Gasteiger partial charge in [0.25, 0.3) is 0 Å². The second-order valence-electron chi connectivity index (χ2n) is 11.5. The van der Waals surface area contributed by atoms with E-state index in [0.717, 1.165) is 46.6 Å². The van der Waals surface area contributed by atoms with Crippen LogP contribution in [0.3, 0.4) is 0 Å². The van der Waals surface area contributed by atoms with Crippen molar-refractivity contribution in [2.45, 2.75) is 64.8 Å². The summed E-state index contributed by atoms with van der Waals surface area (Å²) in [5, 5.41) is 0.745. The average Bonchev–Trinajstić information content (AvgIpc) is 3.31. The SMILES string of the molecule is CN1C(=O)C=C[C@@]2(C)C1CC[C@@H]1[C@H]2CC[C@]2(C)C(Cc3nc4cc(Cl)ccc4[nH]3)CC[C@@H]12. The van der Waals surface area contributed by atoms with E-state index in [1.165, 1.54) is 32.1 Å². The Morgan fingerprint density at radius 3 is 2.84 bits per heavy atom. The summed E-state index contributed by atoms with van der Waals surface area (Å²) in [5.41, 5.74) is 2.58. The topological polar surface area (TPSA) is 49.0 Å². The summed E-state index contributed by atoms with van der Waals surface area (Å²) in [7, 11) is 2.01. The van der Waals surface area contributed by atoms with Gasteiger partial charge in [-0.3, -0.25) is 4.79 Å². The van der Waals surface area contributed by atoms with Crippen LogP contribution in [0, 0.1) is 34.5 Å². The van der Waals surface area contributed by atoms with Crippen molar-refractivity contribution < 1.29 is 4.79 Å². The van der Waals surface area contributed by atoms with E-state index in [1.54, 1.807) is 0 Å². The molecule has 0 bridgehead atoms. The summed E-state index contributed by atoms with van der Waals surface area (Å²) >= 11 is 6.17. The maximum Gasteiger partial charge on any atom is 0.246 e. The molecule has 0 radical (unpaired) electrons. The van der Waals surface area contributed by atoms with Gasteiger partial charge >= 0.3 is 0 Å². The zero-order valence-corrected chi connectivity index (χ0v) is 20.2. The molecule has 3 fully saturated rings. The Morgan fingerprint density at radius 2 is 2.00 bits per heavy atom. The second kappa shape index (κ2) is 7.09.